The smallest absolute Gasteiger partial charge is 0.253 e. The number of hydrogen-bond donors (Lipinski definition) is 1. The van der Waals surface area contributed by atoms with E-state index in [1.54, 1.807) is 0 Å². The van der Waals surface area contributed by atoms with E-state index in [4.69, 9.17) is 17.3 Å². The molecule has 2 N–H and O–H groups in total. The van der Waals surface area contributed by atoms with Gasteiger partial charge in [-0.05, 0) is 18.1 Å². The molecule has 0 saturated carbocycles. The Kier molecular flexibility index (Phi) is 3.77. The summed E-state index contributed by atoms with van der Waals surface area (Å²) in [4.78, 5) is 0. The first-order valence-corrected chi connectivity index (χ1v) is 4.36. The number of nitrogens with two attached hydrogens (primary N) is 1. The third-order valence-corrected chi connectivity index (χ3v) is 2.10. The summed E-state index contributed by atoms with van der Waals surface area (Å²) in [5.41, 5.74) is 5.22. The van der Waals surface area contributed by atoms with Gasteiger partial charge in [0.1, 0.15) is 5.82 Å². The van der Waals surface area contributed by atoms with Gasteiger partial charge in [-0.25, -0.2) is 13.2 Å². The van der Waals surface area contributed by atoms with Crippen molar-refractivity contribution in [2.45, 2.75) is 18.9 Å². The zero-order valence-electron chi connectivity index (χ0n) is 7.18. The predicted molar refractivity (Wildman–Crippen MR) is 49.1 cm³/mol. The molecule has 1 aromatic carbocycles. The van der Waals surface area contributed by atoms with E-state index in [1.807, 2.05) is 0 Å². The zero-order chi connectivity index (χ0) is 10.7. The van der Waals surface area contributed by atoms with Crippen LogP contribution in [-0.4, -0.2) is 12.5 Å². The van der Waals surface area contributed by atoms with E-state index in [0.717, 1.165) is 0 Å². The van der Waals surface area contributed by atoms with Gasteiger partial charge >= 0.3 is 0 Å². The van der Waals surface area contributed by atoms with Crippen molar-refractivity contribution in [2.75, 3.05) is 0 Å². The first-order chi connectivity index (χ1) is 6.52. The van der Waals surface area contributed by atoms with Crippen LogP contribution in [0.15, 0.2) is 18.2 Å². The molecule has 0 saturated heterocycles. The second kappa shape index (κ2) is 4.66. The minimum absolute atomic E-state index is 0.0797. The van der Waals surface area contributed by atoms with Crippen LogP contribution in [0.25, 0.3) is 0 Å². The molecule has 0 aromatic heterocycles. The Hall–Kier alpha value is -0.740. The zero-order valence-corrected chi connectivity index (χ0v) is 7.94. The standard InChI is InChI=1S/C9H9ClF3N/c10-6-3-1-2-5(8(6)11)4-7(14)9(12)13/h1-3,7,9H,4,14H2. The quantitative estimate of drug-likeness (QED) is 0.838. The Morgan fingerprint density at radius 2 is 2.00 bits per heavy atom. The molecule has 5 heteroatoms. The number of alkyl halides is 2. The lowest BCUT2D eigenvalue weighted by molar-refractivity contribution is 0.115. The fourth-order valence-electron chi connectivity index (χ4n) is 1.05. The average molecular weight is 224 g/mol. The SMILES string of the molecule is NC(Cc1cccc(Cl)c1F)C(F)F. The number of halogens is 4. The maximum Gasteiger partial charge on any atom is 0.253 e. The van der Waals surface area contributed by atoms with Crippen molar-refractivity contribution in [1.29, 1.82) is 0 Å². The fourth-order valence-corrected chi connectivity index (χ4v) is 1.24. The summed E-state index contributed by atoms with van der Waals surface area (Å²) in [6.07, 6.45) is -2.88. The van der Waals surface area contributed by atoms with Gasteiger partial charge in [-0.2, -0.15) is 0 Å². The molecule has 78 valence electrons. The van der Waals surface area contributed by atoms with Gasteiger partial charge in [-0.15, -0.1) is 0 Å². The van der Waals surface area contributed by atoms with Crippen molar-refractivity contribution in [1.82, 2.24) is 0 Å². The van der Waals surface area contributed by atoms with E-state index in [1.165, 1.54) is 18.2 Å². The lowest BCUT2D eigenvalue weighted by atomic mass is 10.1. The molecule has 0 aliphatic heterocycles. The van der Waals surface area contributed by atoms with Crippen LogP contribution in [0.1, 0.15) is 5.56 Å². The van der Waals surface area contributed by atoms with E-state index in [2.05, 4.69) is 0 Å². The summed E-state index contributed by atoms with van der Waals surface area (Å²) in [5, 5.41) is -0.0797. The minimum atomic E-state index is -2.66. The molecule has 1 rings (SSSR count). The van der Waals surface area contributed by atoms with Crippen LogP contribution < -0.4 is 5.73 Å². The Balaban J connectivity index is 2.82. The Labute approximate surface area is 84.7 Å². The Morgan fingerprint density at radius 1 is 1.36 bits per heavy atom. The molecule has 1 aromatic rings. The highest BCUT2D eigenvalue weighted by Gasteiger charge is 2.18. The van der Waals surface area contributed by atoms with Crippen LogP contribution in [0.2, 0.25) is 5.02 Å². The predicted octanol–water partition coefficient (Wildman–Crippen LogP) is 2.61. The van der Waals surface area contributed by atoms with Crippen LogP contribution in [0.3, 0.4) is 0 Å². The third kappa shape index (κ3) is 2.62. The molecule has 0 aliphatic carbocycles. The molecule has 1 nitrogen and oxygen atoms in total. The molecule has 1 unspecified atom stereocenters. The summed E-state index contributed by atoms with van der Waals surface area (Å²) in [5.74, 6) is -0.676. The summed E-state index contributed by atoms with van der Waals surface area (Å²) >= 11 is 5.47. The van der Waals surface area contributed by atoms with Crippen LogP contribution >= 0.6 is 11.6 Å². The van der Waals surface area contributed by atoms with Crippen molar-refractivity contribution in [2.24, 2.45) is 5.73 Å². The normalized spacial score (nSPS) is 13.3. The molecular weight excluding hydrogens is 215 g/mol. The summed E-state index contributed by atoms with van der Waals surface area (Å²) in [7, 11) is 0. The van der Waals surface area contributed by atoms with Crippen molar-refractivity contribution in [3.63, 3.8) is 0 Å². The molecule has 0 bridgehead atoms. The van der Waals surface area contributed by atoms with Gasteiger partial charge in [0, 0.05) is 0 Å². The summed E-state index contributed by atoms with van der Waals surface area (Å²) in [6.45, 7) is 0. The van der Waals surface area contributed by atoms with Crippen LogP contribution in [0, 0.1) is 5.82 Å². The largest absolute Gasteiger partial charge is 0.323 e. The first kappa shape index (κ1) is 11.3. The number of benzene rings is 1. The highest BCUT2D eigenvalue weighted by Crippen LogP contribution is 2.19. The highest BCUT2D eigenvalue weighted by molar-refractivity contribution is 6.30. The molecule has 0 spiro atoms. The molecule has 0 heterocycles. The fraction of sp³-hybridized carbons (Fsp3) is 0.333. The lowest BCUT2D eigenvalue weighted by Crippen LogP contribution is -2.31. The summed E-state index contributed by atoms with van der Waals surface area (Å²) in [6, 6.07) is 2.89. The van der Waals surface area contributed by atoms with Gasteiger partial charge in [0.2, 0.25) is 0 Å². The van der Waals surface area contributed by atoms with Gasteiger partial charge in [0.05, 0.1) is 11.1 Å². The Bertz CT molecular complexity index is 317. The van der Waals surface area contributed by atoms with Crippen molar-refractivity contribution >= 4 is 11.6 Å². The molecule has 14 heavy (non-hydrogen) atoms. The molecule has 0 aliphatic rings. The van der Waals surface area contributed by atoms with Gasteiger partial charge in [0.25, 0.3) is 6.43 Å². The van der Waals surface area contributed by atoms with E-state index < -0.39 is 18.3 Å². The van der Waals surface area contributed by atoms with E-state index in [9.17, 15) is 13.2 Å². The number of rotatable bonds is 3. The third-order valence-electron chi connectivity index (χ3n) is 1.81. The monoisotopic (exact) mass is 223 g/mol. The lowest BCUT2D eigenvalue weighted by Gasteiger charge is -2.11. The maximum atomic E-state index is 13.2. The summed E-state index contributed by atoms with van der Waals surface area (Å²) < 4.78 is 37.3. The Morgan fingerprint density at radius 3 is 2.57 bits per heavy atom. The van der Waals surface area contributed by atoms with Crippen molar-refractivity contribution in [3.8, 4) is 0 Å². The van der Waals surface area contributed by atoms with E-state index in [0.29, 0.717) is 0 Å². The second-order valence-electron chi connectivity index (χ2n) is 2.92. The van der Waals surface area contributed by atoms with Gasteiger partial charge in [0.15, 0.2) is 0 Å². The van der Waals surface area contributed by atoms with Crippen LogP contribution in [0.5, 0.6) is 0 Å². The number of hydrogen-bond acceptors (Lipinski definition) is 1. The highest BCUT2D eigenvalue weighted by atomic mass is 35.5. The molecule has 1 atom stereocenters. The molecule has 0 amide bonds. The topological polar surface area (TPSA) is 26.0 Å². The minimum Gasteiger partial charge on any atom is -0.323 e. The van der Waals surface area contributed by atoms with Gasteiger partial charge in [-0.3, -0.25) is 0 Å². The van der Waals surface area contributed by atoms with Gasteiger partial charge in [-0.1, -0.05) is 23.7 Å². The van der Waals surface area contributed by atoms with Crippen LogP contribution in [-0.2, 0) is 6.42 Å². The average Bonchev–Trinajstić information content (AvgIpc) is 2.12. The maximum absolute atomic E-state index is 13.2. The van der Waals surface area contributed by atoms with Crippen molar-refractivity contribution < 1.29 is 13.2 Å². The molecule has 0 radical (unpaired) electrons. The van der Waals surface area contributed by atoms with E-state index >= 15 is 0 Å². The first-order valence-electron chi connectivity index (χ1n) is 3.99. The van der Waals surface area contributed by atoms with Crippen molar-refractivity contribution in [3.05, 3.63) is 34.6 Å². The molecular formula is C9H9ClF3N. The molecule has 0 fully saturated rings. The van der Waals surface area contributed by atoms with Gasteiger partial charge < -0.3 is 5.73 Å². The van der Waals surface area contributed by atoms with Crippen LogP contribution in [0.4, 0.5) is 13.2 Å². The van der Waals surface area contributed by atoms with E-state index in [-0.39, 0.29) is 17.0 Å². The second-order valence-corrected chi connectivity index (χ2v) is 3.32.